The molecule has 5 rings (SSSR count). The summed E-state index contributed by atoms with van der Waals surface area (Å²) in [5, 5.41) is 17.7. The van der Waals surface area contributed by atoms with Crippen molar-refractivity contribution < 1.29 is 14.6 Å². The van der Waals surface area contributed by atoms with E-state index in [1.165, 1.54) is 10.7 Å². The number of carbonyl (C=O) groups excluding carboxylic acids is 1. The van der Waals surface area contributed by atoms with E-state index < -0.39 is 5.97 Å². The van der Waals surface area contributed by atoms with E-state index in [1.54, 1.807) is 31.2 Å². The van der Waals surface area contributed by atoms with Crippen molar-refractivity contribution in [1.29, 1.82) is 0 Å². The van der Waals surface area contributed by atoms with E-state index in [4.69, 9.17) is 4.74 Å². The number of hydrogen-bond acceptors (Lipinski definition) is 7. The third-order valence-corrected chi connectivity index (χ3v) is 5.48. The van der Waals surface area contributed by atoms with Gasteiger partial charge in [-0.1, -0.05) is 66.7 Å². The Bertz CT molecular complexity index is 1480. The Hall–Kier alpha value is -4.72. The lowest BCUT2D eigenvalue weighted by atomic mass is 10.0. The van der Waals surface area contributed by atoms with Crippen molar-refractivity contribution in [1.82, 2.24) is 19.6 Å². The third kappa shape index (κ3) is 4.67. The highest BCUT2D eigenvalue weighted by Crippen LogP contribution is 2.24. The molecule has 2 heterocycles. The molecule has 0 unspecified atom stereocenters. The van der Waals surface area contributed by atoms with Crippen LogP contribution in [-0.2, 0) is 11.3 Å². The van der Waals surface area contributed by atoms with Gasteiger partial charge in [0.1, 0.15) is 11.3 Å². The van der Waals surface area contributed by atoms with Crippen molar-refractivity contribution in [2.24, 2.45) is 0 Å². The van der Waals surface area contributed by atoms with Crippen LogP contribution in [0.4, 0.5) is 5.95 Å². The Balaban J connectivity index is 1.45. The fraction of sp³-hybridized carbons (Fsp3) is 0.111. The fourth-order valence-electron chi connectivity index (χ4n) is 3.74. The summed E-state index contributed by atoms with van der Waals surface area (Å²) in [6.07, 6.45) is 1.44. The minimum Gasteiger partial charge on any atom is -0.508 e. The number of carbonyl (C=O) groups is 1. The van der Waals surface area contributed by atoms with Crippen molar-refractivity contribution in [2.45, 2.75) is 13.5 Å². The number of nitrogens with zero attached hydrogens (tertiary/aromatic N) is 4. The summed E-state index contributed by atoms with van der Waals surface area (Å²) in [7, 11) is 0. The highest BCUT2D eigenvalue weighted by Gasteiger charge is 2.20. The number of phenolic OH excluding ortho intramolecular Hbond substituents is 1. The Morgan fingerprint density at radius 3 is 2.46 bits per heavy atom. The highest BCUT2D eigenvalue weighted by molar-refractivity contribution is 5.96. The molecule has 0 bridgehead atoms. The van der Waals surface area contributed by atoms with E-state index in [0.29, 0.717) is 29.5 Å². The number of benzene rings is 3. The standard InChI is InChI=1S/C27H23N5O3/c1-2-35-26(34)23-17-29-27(32-25(23)30-24(31-32)21-9-6-10-22(33)15-21)28-16-18-11-13-20(14-12-18)19-7-4-3-5-8-19/h3-15,17,33H,2,16H2,1H3,(H,28,29). The molecule has 8 heteroatoms. The number of aromatic nitrogens is 4. The van der Waals surface area contributed by atoms with Crippen LogP contribution in [0.3, 0.4) is 0 Å². The molecule has 2 aromatic heterocycles. The average molecular weight is 466 g/mol. The maximum atomic E-state index is 12.5. The smallest absolute Gasteiger partial charge is 0.343 e. The molecule has 0 spiro atoms. The molecular weight excluding hydrogens is 442 g/mol. The zero-order chi connectivity index (χ0) is 24.2. The number of hydrogen-bond donors (Lipinski definition) is 2. The molecule has 2 N–H and O–H groups in total. The Kier molecular flexibility index (Phi) is 6.09. The topological polar surface area (TPSA) is 102 Å². The molecule has 0 aliphatic rings. The van der Waals surface area contributed by atoms with Crippen LogP contribution in [-0.4, -0.2) is 37.3 Å². The van der Waals surface area contributed by atoms with Gasteiger partial charge in [0.05, 0.1) is 6.61 Å². The SMILES string of the molecule is CCOC(=O)c1cnc(NCc2ccc(-c3ccccc3)cc2)n2nc(-c3cccc(O)c3)nc12. The predicted octanol–water partition coefficient (Wildman–Crippen LogP) is 4.95. The van der Waals surface area contributed by atoms with Gasteiger partial charge >= 0.3 is 5.97 Å². The summed E-state index contributed by atoms with van der Waals surface area (Å²) in [6.45, 7) is 2.47. The molecule has 174 valence electrons. The minimum atomic E-state index is -0.525. The first-order chi connectivity index (χ1) is 17.1. The lowest BCUT2D eigenvalue weighted by Crippen LogP contribution is -2.12. The summed E-state index contributed by atoms with van der Waals surface area (Å²) < 4.78 is 6.66. The van der Waals surface area contributed by atoms with Crippen LogP contribution in [0, 0.1) is 0 Å². The zero-order valence-corrected chi connectivity index (χ0v) is 19.0. The van der Waals surface area contributed by atoms with Crippen molar-refractivity contribution >= 4 is 17.6 Å². The van der Waals surface area contributed by atoms with Gasteiger partial charge in [-0.15, -0.1) is 5.10 Å². The number of ether oxygens (including phenoxy) is 1. The van der Waals surface area contributed by atoms with Crippen LogP contribution < -0.4 is 5.32 Å². The molecule has 0 atom stereocenters. The van der Waals surface area contributed by atoms with Gasteiger partial charge in [-0.3, -0.25) is 0 Å². The maximum Gasteiger partial charge on any atom is 0.343 e. The number of fused-ring (bicyclic) bond motifs is 1. The number of nitrogens with one attached hydrogen (secondary N) is 1. The predicted molar refractivity (Wildman–Crippen MR) is 133 cm³/mol. The second kappa shape index (κ2) is 9.64. The van der Waals surface area contributed by atoms with E-state index in [2.05, 4.69) is 56.8 Å². The molecule has 0 aliphatic heterocycles. The highest BCUT2D eigenvalue weighted by atomic mass is 16.5. The fourth-order valence-corrected chi connectivity index (χ4v) is 3.74. The second-order valence-electron chi connectivity index (χ2n) is 7.85. The zero-order valence-electron chi connectivity index (χ0n) is 19.0. The largest absolute Gasteiger partial charge is 0.508 e. The number of rotatable bonds is 7. The van der Waals surface area contributed by atoms with Gasteiger partial charge in [-0.25, -0.2) is 14.8 Å². The lowest BCUT2D eigenvalue weighted by molar-refractivity contribution is 0.0527. The molecule has 0 aliphatic carbocycles. The Labute approximate surface area is 201 Å². The van der Waals surface area contributed by atoms with E-state index in [1.807, 2.05) is 18.2 Å². The van der Waals surface area contributed by atoms with Gasteiger partial charge in [0, 0.05) is 18.3 Å². The number of aromatic hydroxyl groups is 1. The van der Waals surface area contributed by atoms with Crippen molar-refractivity contribution in [3.63, 3.8) is 0 Å². The van der Waals surface area contributed by atoms with Gasteiger partial charge in [0.2, 0.25) is 5.95 Å². The van der Waals surface area contributed by atoms with Crippen molar-refractivity contribution in [2.75, 3.05) is 11.9 Å². The number of phenols is 1. The van der Waals surface area contributed by atoms with Crippen LogP contribution in [0.2, 0.25) is 0 Å². The van der Waals surface area contributed by atoms with Crippen LogP contribution in [0.1, 0.15) is 22.8 Å². The van der Waals surface area contributed by atoms with E-state index in [9.17, 15) is 9.90 Å². The molecule has 0 fully saturated rings. The Morgan fingerprint density at radius 1 is 0.971 bits per heavy atom. The van der Waals surface area contributed by atoms with Crippen LogP contribution >= 0.6 is 0 Å². The summed E-state index contributed by atoms with van der Waals surface area (Å²) in [6, 6.07) is 25.1. The first kappa shape index (κ1) is 22.1. The summed E-state index contributed by atoms with van der Waals surface area (Å²) in [4.78, 5) is 21.5. The van der Waals surface area contributed by atoms with E-state index in [-0.39, 0.29) is 17.9 Å². The van der Waals surface area contributed by atoms with Gasteiger partial charge in [0.25, 0.3) is 0 Å². The third-order valence-electron chi connectivity index (χ3n) is 5.48. The van der Waals surface area contributed by atoms with E-state index in [0.717, 1.165) is 16.7 Å². The summed E-state index contributed by atoms with van der Waals surface area (Å²) in [5.41, 5.74) is 4.50. The average Bonchev–Trinajstić information content (AvgIpc) is 3.34. The molecule has 35 heavy (non-hydrogen) atoms. The van der Waals surface area contributed by atoms with Gasteiger partial charge in [-0.2, -0.15) is 4.52 Å². The minimum absolute atomic E-state index is 0.0994. The summed E-state index contributed by atoms with van der Waals surface area (Å²) in [5.74, 6) is 0.360. The van der Waals surface area contributed by atoms with Crippen molar-refractivity contribution in [3.05, 3.63) is 96.2 Å². The Morgan fingerprint density at radius 2 is 1.71 bits per heavy atom. The lowest BCUT2D eigenvalue weighted by Gasteiger charge is -2.09. The molecule has 0 saturated carbocycles. The molecule has 8 nitrogen and oxygen atoms in total. The van der Waals surface area contributed by atoms with Crippen molar-refractivity contribution in [3.8, 4) is 28.3 Å². The van der Waals surface area contributed by atoms with Crippen LogP contribution in [0.5, 0.6) is 5.75 Å². The summed E-state index contributed by atoms with van der Waals surface area (Å²) >= 11 is 0. The quantitative estimate of drug-likeness (QED) is 0.328. The first-order valence-electron chi connectivity index (χ1n) is 11.2. The van der Waals surface area contributed by atoms with Crippen LogP contribution in [0.25, 0.3) is 28.2 Å². The van der Waals surface area contributed by atoms with Gasteiger partial charge in [-0.05, 0) is 35.7 Å². The molecule has 0 amide bonds. The van der Waals surface area contributed by atoms with Gasteiger partial charge in [0.15, 0.2) is 11.5 Å². The monoisotopic (exact) mass is 465 g/mol. The molecular formula is C27H23N5O3. The second-order valence-corrected chi connectivity index (χ2v) is 7.85. The number of esters is 1. The maximum absolute atomic E-state index is 12.5. The van der Waals surface area contributed by atoms with Gasteiger partial charge < -0.3 is 15.2 Å². The molecule has 3 aromatic carbocycles. The molecule has 0 radical (unpaired) electrons. The molecule has 5 aromatic rings. The van der Waals surface area contributed by atoms with E-state index >= 15 is 0 Å². The van der Waals surface area contributed by atoms with Crippen LogP contribution in [0.15, 0.2) is 85.1 Å². The normalized spacial score (nSPS) is 10.9. The first-order valence-corrected chi connectivity index (χ1v) is 11.2. The number of anilines is 1. The molecule has 0 saturated heterocycles.